The molecule has 0 aromatic heterocycles. The molecule has 0 fully saturated rings. The van der Waals surface area contributed by atoms with Crippen LogP contribution in [0.4, 0.5) is 0 Å². The summed E-state index contributed by atoms with van der Waals surface area (Å²) in [6.07, 6.45) is 3.72. The Hall–Kier alpha value is -0.560. The van der Waals surface area contributed by atoms with Crippen LogP contribution >= 0.6 is 0 Å². The van der Waals surface area contributed by atoms with E-state index in [4.69, 9.17) is 12.0 Å². The maximum atomic E-state index is 8.38. The Morgan fingerprint density at radius 1 is 1.44 bits per heavy atom. The zero-order chi connectivity index (χ0) is 11.2. The highest BCUT2D eigenvalue weighted by Crippen LogP contribution is 1.86. The standard InChI is InChI=1S/C8H14O/c1-2-3-4-5-6-7-8-9/h3-4,6-7,9H,2,5,8H2,1H3/b4-3-,7-6+/i1D3,2D2. The second-order valence-electron chi connectivity index (χ2n) is 1.44. The molecular formula is C8H14O. The van der Waals surface area contributed by atoms with E-state index >= 15 is 0 Å². The summed E-state index contributed by atoms with van der Waals surface area (Å²) in [6, 6.07) is 0. The molecule has 0 saturated carbocycles. The summed E-state index contributed by atoms with van der Waals surface area (Å²) in [4.78, 5) is 0. The van der Waals surface area contributed by atoms with Crippen LogP contribution in [0.15, 0.2) is 24.3 Å². The second kappa shape index (κ2) is 7.44. The molecule has 0 aromatic carbocycles. The molecule has 0 bridgehead atoms. The molecule has 0 aliphatic heterocycles. The summed E-state index contributed by atoms with van der Waals surface area (Å²) in [5.41, 5.74) is 0. The fraction of sp³-hybridized carbons (Fsp3) is 0.500. The Morgan fingerprint density at radius 2 is 2.22 bits per heavy atom. The van der Waals surface area contributed by atoms with Crippen molar-refractivity contribution < 1.29 is 12.0 Å². The Kier molecular flexibility index (Phi) is 2.50. The third-order valence-electron chi connectivity index (χ3n) is 0.745. The Balaban J connectivity index is 4.16. The third kappa shape index (κ3) is 7.44. The van der Waals surface area contributed by atoms with Crippen molar-refractivity contribution in [2.75, 3.05) is 6.61 Å². The van der Waals surface area contributed by atoms with E-state index in [1.54, 1.807) is 6.08 Å². The zero-order valence-electron chi connectivity index (χ0n) is 10.2. The summed E-state index contributed by atoms with van der Waals surface area (Å²) in [7, 11) is 0. The number of rotatable bonds is 4. The molecule has 9 heavy (non-hydrogen) atoms. The lowest BCUT2D eigenvalue weighted by molar-refractivity contribution is 0.342. The number of aliphatic hydroxyl groups excluding tert-OH is 1. The number of hydrogen-bond donors (Lipinski definition) is 1. The fourth-order valence-corrected chi connectivity index (χ4v) is 0.376. The third-order valence-corrected chi connectivity index (χ3v) is 0.745. The molecule has 1 heteroatoms. The largest absolute Gasteiger partial charge is 0.392 e. The molecule has 52 valence electrons. The van der Waals surface area contributed by atoms with Gasteiger partial charge in [-0.05, 0) is 12.8 Å². The lowest BCUT2D eigenvalue weighted by atomic mass is 10.3. The van der Waals surface area contributed by atoms with E-state index < -0.39 is 13.2 Å². The molecule has 0 aliphatic carbocycles. The predicted molar refractivity (Wildman–Crippen MR) is 40.3 cm³/mol. The van der Waals surface area contributed by atoms with Gasteiger partial charge in [-0.2, -0.15) is 0 Å². The molecule has 1 nitrogen and oxygen atoms in total. The van der Waals surface area contributed by atoms with Crippen molar-refractivity contribution in [2.45, 2.75) is 19.6 Å². The molecule has 0 heterocycles. The van der Waals surface area contributed by atoms with E-state index in [-0.39, 0.29) is 6.61 Å². The molecule has 0 aliphatic rings. The van der Waals surface area contributed by atoms with Crippen molar-refractivity contribution >= 4 is 0 Å². The highest BCUT2D eigenvalue weighted by atomic mass is 16.2. The zero-order valence-corrected chi connectivity index (χ0v) is 5.17. The van der Waals surface area contributed by atoms with E-state index in [1.807, 2.05) is 0 Å². The summed E-state index contributed by atoms with van der Waals surface area (Å²) in [6.45, 7) is -2.70. The summed E-state index contributed by atoms with van der Waals surface area (Å²) in [5.74, 6) is 0. The van der Waals surface area contributed by atoms with E-state index in [1.165, 1.54) is 12.2 Å². The van der Waals surface area contributed by atoms with Crippen LogP contribution in [0.5, 0.6) is 0 Å². The average molecular weight is 131 g/mol. The second-order valence-corrected chi connectivity index (χ2v) is 1.44. The van der Waals surface area contributed by atoms with Gasteiger partial charge in [0.05, 0.1) is 6.61 Å². The molecule has 0 amide bonds. The molecule has 0 atom stereocenters. The van der Waals surface area contributed by atoms with Crippen molar-refractivity contribution in [3.05, 3.63) is 24.3 Å². The molecule has 0 spiro atoms. The van der Waals surface area contributed by atoms with Crippen LogP contribution < -0.4 is 0 Å². The van der Waals surface area contributed by atoms with E-state index in [0.29, 0.717) is 6.42 Å². The van der Waals surface area contributed by atoms with Crippen molar-refractivity contribution in [3.8, 4) is 0 Å². The van der Waals surface area contributed by atoms with Crippen molar-refractivity contribution in [1.82, 2.24) is 0 Å². The number of allylic oxidation sites excluding steroid dienone is 3. The van der Waals surface area contributed by atoms with Gasteiger partial charge < -0.3 is 5.11 Å². The first-order valence-electron chi connectivity index (χ1n) is 5.25. The first-order valence-corrected chi connectivity index (χ1v) is 2.75. The van der Waals surface area contributed by atoms with Gasteiger partial charge in [-0.15, -0.1) is 0 Å². The van der Waals surface area contributed by atoms with Gasteiger partial charge in [-0.1, -0.05) is 31.2 Å². The molecule has 0 rings (SSSR count). The maximum absolute atomic E-state index is 8.38. The summed E-state index contributed by atoms with van der Waals surface area (Å²) in [5, 5.41) is 8.38. The Bertz CT molecular complexity index is 216. The topological polar surface area (TPSA) is 20.2 Å². The van der Waals surface area contributed by atoms with E-state index in [9.17, 15) is 0 Å². The van der Waals surface area contributed by atoms with Gasteiger partial charge in [-0.25, -0.2) is 0 Å². The average Bonchev–Trinajstić information content (AvgIpc) is 2.02. The smallest absolute Gasteiger partial charge is 0.0612 e. The maximum Gasteiger partial charge on any atom is 0.0612 e. The fourth-order valence-electron chi connectivity index (χ4n) is 0.376. The van der Waals surface area contributed by atoms with Gasteiger partial charge in [0.2, 0.25) is 0 Å². The first-order chi connectivity index (χ1) is 6.31. The first kappa shape index (κ1) is 3.02. The summed E-state index contributed by atoms with van der Waals surface area (Å²) >= 11 is 0. The van der Waals surface area contributed by atoms with Gasteiger partial charge >= 0.3 is 0 Å². The molecule has 0 radical (unpaired) electrons. The van der Waals surface area contributed by atoms with Gasteiger partial charge in [0.25, 0.3) is 0 Å². The van der Waals surface area contributed by atoms with Crippen LogP contribution in [0.25, 0.3) is 0 Å². The molecular weight excluding hydrogens is 112 g/mol. The van der Waals surface area contributed by atoms with Crippen LogP contribution in [0.2, 0.25) is 0 Å². The molecule has 1 N–H and O–H groups in total. The van der Waals surface area contributed by atoms with Crippen molar-refractivity contribution in [1.29, 1.82) is 0 Å². The van der Waals surface area contributed by atoms with Crippen molar-refractivity contribution in [3.63, 3.8) is 0 Å². The highest BCUT2D eigenvalue weighted by molar-refractivity contribution is 4.91. The van der Waals surface area contributed by atoms with Crippen LogP contribution in [0, 0.1) is 0 Å². The minimum absolute atomic E-state index is 0.0694. The van der Waals surface area contributed by atoms with E-state index in [0.717, 1.165) is 6.08 Å². The molecule has 0 unspecified atom stereocenters. The quantitative estimate of drug-likeness (QED) is 0.578. The van der Waals surface area contributed by atoms with E-state index in [2.05, 4.69) is 0 Å². The Labute approximate surface area is 63.7 Å². The molecule has 0 aromatic rings. The Morgan fingerprint density at radius 3 is 2.89 bits per heavy atom. The number of aliphatic hydroxyl groups is 1. The molecule has 0 saturated heterocycles. The SMILES string of the molecule is [2H]C([2H])([2H])C([2H])([2H])/C=C\C/C=C/CO. The van der Waals surface area contributed by atoms with Gasteiger partial charge in [-0.3, -0.25) is 0 Å². The van der Waals surface area contributed by atoms with Crippen molar-refractivity contribution in [2.24, 2.45) is 0 Å². The highest BCUT2D eigenvalue weighted by Gasteiger charge is 1.68. The van der Waals surface area contributed by atoms with Crippen LogP contribution in [-0.4, -0.2) is 11.7 Å². The van der Waals surface area contributed by atoms with Crippen LogP contribution in [0.3, 0.4) is 0 Å². The minimum Gasteiger partial charge on any atom is -0.392 e. The minimum atomic E-state index is -2.63. The summed E-state index contributed by atoms with van der Waals surface area (Å²) < 4.78 is 35.1. The predicted octanol–water partition coefficient (Wildman–Crippen LogP) is 1.89. The lowest BCUT2D eigenvalue weighted by Gasteiger charge is -1.79. The monoisotopic (exact) mass is 131 g/mol. The van der Waals surface area contributed by atoms with Gasteiger partial charge in [0.15, 0.2) is 0 Å². The van der Waals surface area contributed by atoms with Crippen LogP contribution in [-0.2, 0) is 0 Å². The van der Waals surface area contributed by atoms with Gasteiger partial charge in [0, 0.05) is 6.85 Å². The van der Waals surface area contributed by atoms with Crippen LogP contribution in [0.1, 0.15) is 26.5 Å². The normalized spacial score (nSPS) is 23.0. The lowest BCUT2D eigenvalue weighted by Crippen LogP contribution is -1.69. The van der Waals surface area contributed by atoms with Gasteiger partial charge in [0.1, 0.15) is 0 Å². The number of hydrogen-bond acceptors (Lipinski definition) is 1.